The van der Waals surface area contributed by atoms with Crippen LogP contribution in [-0.2, 0) is 25.7 Å². The van der Waals surface area contributed by atoms with Crippen LogP contribution in [0.4, 0.5) is 0 Å². The standard InChI is InChI=1S/2C24H34O4/c2*1-3-5-6-8-20(14-18-10-12-22(26)24(28)16-18)19(7-4-2)13-17-9-11-21(25)23(27)15-17/h2*9-12,15-16,19-20,25-28H,3-8,13-14H2,1-2H3/t2*19-,20-/m10/s1. The first kappa shape index (κ1) is 45.7. The summed E-state index contributed by atoms with van der Waals surface area (Å²) in [6, 6.07) is 20.4. The molecule has 0 aromatic heterocycles. The molecule has 4 aromatic carbocycles. The van der Waals surface area contributed by atoms with Crippen molar-refractivity contribution in [3.63, 3.8) is 0 Å². The molecule has 0 saturated heterocycles. The minimum atomic E-state index is -0.0881. The highest BCUT2D eigenvalue weighted by atomic mass is 16.3. The molecule has 0 spiro atoms. The second-order valence-electron chi connectivity index (χ2n) is 15.7. The molecular weight excluding hydrogens is 705 g/mol. The molecule has 0 fully saturated rings. The largest absolute Gasteiger partial charge is 0.504 e. The molecule has 0 aliphatic heterocycles. The summed E-state index contributed by atoms with van der Waals surface area (Å²) in [5, 5.41) is 77.8. The van der Waals surface area contributed by atoms with Crippen LogP contribution in [0.3, 0.4) is 0 Å². The lowest BCUT2D eigenvalue weighted by atomic mass is 9.77. The smallest absolute Gasteiger partial charge is 0.157 e. The Bertz CT molecular complexity index is 1610. The third-order valence-electron chi connectivity index (χ3n) is 11.2. The summed E-state index contributed by atoms with van der Waals surface area (Å²) in [5.74, 6) is 1.16. The Labute approximate surface area is 335 Å². The molecule has 0 bridgehead atoms. The van der Waals surface area contributed by atoms with Crippen molar-refractivity contribution in [2.24, 2.45) is 23.7 Å². The van der Waals surface area contributed by atoms with E-state index in [0.717, 1.165) is 86.5 Å². The molecular formula is C48H68O8. The summed E-state index contributed by atoms with van der Waals surface area (Å²) >= 11 is 0. The van der Waals surface area contributed by atoms with E-state index in [4.69, 9.17) is 0 Å². The lowest BCUT2D eigenvalue weighted by molar-refractivity contribution is 0.279. The van der Waals surface area contributed by atoms with Crippen LogP contribution in [0.2, 0.25) is 0 Å². The molecule has 0 heterocycles. The van der Waals surface area contributed by atoms with Crippen LogP contribution in [-0.4, -0.2) is 40.9 Å². The number of unbranched alkanes of at least 4 members (excludes halogenated alkanes) is 4. The van der Waals surface area contributed by atoms with E-state index in [1.807, 2.05) is 24.3 Å². The number of hydrogen-bond acceptors (Lipinski definition) is 8. The molecule has 0 aliphatic rings. The highest BCUT2D eigenvalue weighted by molar-refractivity contribution is 5.43. The number of hydrogen-bond donors (Lipinski definition) is 8. The first-order chi connectivity index (χ1) is 26.9. The molecule has 0 saturated carbocycles. The average Bonchev–Trinajstić information content (AvgIpc) is 3.17. The van der Waals surface area contributed by atoms with Crippen molar-refractivity contribution in [3.8, 4) is 46.0 Å². The maximum absolute atomic E-state index is 9.86. The summed E-state index contributed by atoms with van der Waals surface area (Å²) in [6.07, 6.45) is 17.1. The highest BCUT2D eigenvalue weighted by Crippen LogP contribution is 2.36. The topological polar surface area (TPSA) is 162 Å². The van der Waals surface area contributed by atoms with E-state index in [-0.39, 0.29) is 46.0 Å². The molecule has 4 rings (SSSR count). The van der Waals surface area contributed by atoms with Gasteiger partial charge in [-0.1, -0.05) is 116 Å². The second kappa shape index (κ2) is 24.0. The predicted molar refractivity (Wildman–Crippen MR) is 226 cm³/mol. The Hall–Kier alpha value is -4.72. The molecule has 8 N–H and O–H groups in total. The van der Waals surface area contributed by atoms with Gasteiger partial charge in [-0.25, -0.2) is 0 Å². The zero-order valence-electron chi connectivity index (χ0n) is 34.1. The monoisotopic (exact) mass is 772 g/mol. The summed E-state index contributed by atoms with van der Waals surface area (Å²) in [7, 11) is 0. The quantitative estimate of drug-likeness (QED) is 0.0289. The van der Waals surface area contributed by atoms with E-state index < -0.39 is 0 Å². The second-order valence-corrected chi connectivity index (χ2v) is 15.7. The normalized spacial score (nSPS) is 13.4. The molecule has 4 atom stereocenters. The molecule has 0 radical (unpaired) electrons. The number of phenolic OH excluding ortho intramolecular Hbond substituents is 8. The van der Waals surface area contributed by atoms with Gasteiger partial charge in [-0.15, -0.1) is 0 Å². The Morgan fingerprint density at radius 1 is 0.304 bits per heavy atom. The number of benzene rings is 4. The SMILES string of the molecule is CCCCC[C@@H](Cc1ccc(O)c(O)c1)[C@@H](CCC)Cc1ccc(O)c(O)c1.CCCCC[C@H](Cc1ccc(O)c(O)c1)[C@H](CCC)Cc1ccc(O)c(O)c1. The summed E-state index contributed by atoms with van der Waals surface area (Å²) in [5.41, 5.74) is 4.13. The van der Waals surface area contributed by atoms with Crippen molar-refractivity contribution in [2.75, 3.05) is 0 Å². The number of phenols is 8. The average molecular weight is 773 g/mol. The molecule has 0 unspecified atom stereocenters. The summed E-state index contributed by atoms with van der Waals surface area (Å²) in [6.45, 7) is 8.79. The maximum Gasteiger partial charge on any atom is 0.157 e. The van der Waals surface area contributed by atoms with Gasteiger partial charge in [-0.05, 0) is 133 Å². The van der Waals surface area contributed by atoms with Gasteiger partial charge in [-0.2, -0.15) is 0 Å². The van der Waals surface area contributed by atoms with E-state index in [1.165, 1.54) is 38.5 Å². The third-order valence-corrected chi connectivity index (χ3v) is 11.2. The molecule has 8 heteroatoms. The lowest BCUT2D eigenvalue weighted by Crippen LogP contribution is -2.20. The van der Waals surface area contributed by atoms with Gasteiger partial charge in [0, 0.05) is 0 Å². The van der Waals surface area contributed by atoms with E-state index in [2.05, 4.69) is 27.7 Å². The Morgan fingerprint density at radius 3 is 0.768 bits per heavy atom. The van der Waals surface area contributed by atoms with Gasteiger partial charge < -0.3 is 40.9 Å². The Morgan fingerprint density at radius 2 is 0.554 bits per heavy atom. The minimum Gasteiger partial charge on any atom is -0.504 e. The lowest BCUT2D eigenvalue weighted by Gasteiger charge is -2.28. The molecule has 0 amide bonds. The van der Waals surface area contributed by atoms with Crippen molar-refractivity contribution >= 4 is 0 Å². The fourth-order valence-corrected chi connectivity index (χ4v) is 8.07. The fraction of sp³-hybridized carbons (Fsp3) is 0.500. The van der Waals surface area contributed by atoms with Gasteiger partial charge in [0.2, 0.25) is 0 Å². The minimum absolute atomic E-state index is 0.0692. The molecule has 0 aliphatic carbocycles. The maximum atomic E-state index is 9.86. The van der Waals surface area contributed by atoms with Crippen LogP contribution < -0.4 is 0 Å². The Balaban J connectivity index is 0.000000300. The van der Waals surface area contributed by atoms with Crippen molar-refractivity contribution in [2.45, 2.75) is 130 Å². The van der Waals surface area contributed by atoms with Crippen LogP contribution >= 0.6 is 0 Å². The third kappa shape index (κ3) is 15.1. The number of rotatable bonds is 22. The van der Waals surface area contributed by atoms with E-state index in [0.29, 0.717) is 23.7 Å². The van der Waals surface area contributed by atoms with Gasteiger partial charge >= 0.3 is 0 Å². The fourth-order valence-electron chi connectivity index (χ4n) is 8.07. The van der Waals surface area contributed by atoms with Crippen molar-refractivity contribution in [3.05, 3.63) is 95.1 Å². The van der Waals surface area contributed by atoms with Gasteiger partial charge in [0.05, 0.1) is 0 Å². The zero-order valence-corrected chi connectivity index (χ0v) is 34.1. The molecule has 308 valence electrons. The van der Waals surface area contributed by atoms with Gasteiger partial charge in [0.25, 0.3) is 0 Å². The summed E-state index contributed by atoms with van der Waals surface area (Å²) < 4.78 is 0. The van der Waals surface area contributed by atoms with E-state index >= 15 is 0 Å². The number of aromatic hydroxyl groups is 8. The van der Waals surface area contributed by atoms with Crippen molar-refractivity contribution in [1.82, 2.24) is 0 Å². The molecule has 8 nitrogen and oxygen atoms in total. The first-order valence-electron chi connectivity index (χ1n) is 20.9. The predicted octanol–water partition coefficient (Wildman–Crippen LogP) is 11.8. The Kier molecular flexibility index (Phi) is 19.6. The molecule has 4 aromatic rings. The van der Waals surface area contributed by atoms with E-state index in [1.54, 1.807) is 48.5 Å². The van der Waals surface area contributed by atoms with Crippen LogP contribution in [0.15, 0.2) is 72.8 Å². The van der Waals surface area contributed by atoms with Crippen LogP contribution in [0.5, 0.6) is 46.0 Å². The van der Waals surface area contributed by atoms with Crippen LogP contribution in [0.1, 0.15) is 127 Å². The van der Waals surface area contributed by atoms with E-state index in [9.17, 15) is 40.9 Å². The van der Waals surface area contributed by atoms with Gasteiger partial charge in [-0.3, -0.25) is 0 Å². The summed E-state index contributed by atoms with van der Waals surface area (Å²) in [4.78, 5) is 0. The highest BCUT2D eigenvalue weighted by Gasteiger charge is 2.24. The van der Waals surface area contributed by atoms with Crippen molar-refractivity contribution in [1.29, 1.82) is 0 Å². The zero-order chi connectivity index (χ0) is 41.0. The van der Waals surface area contributed by atoms with Gasteiger partial charge in [0.15, 0.2) is 46.0 Å². The first-order valence-corrected chi connectivity index (χ1v) is 20.9. The van der Waals surface area contributed by atoms with Gasteiger partial charge in [0.1, 0.15) is 0 Å². The van der Waals surface area contributed by atoms with Crippen LogP contribution in [0.25, 0.3) is 0 Å². The van der Waals surface area contributed by atoms with Crippen molar-refractivity contribution < 1.29 is 40.9 Å². The van der Waals surface area contributed by atoms with Crippen LogP contribution in [0, 0.1) is 23.7 Å². The molecule has 56 heavy (non-hydrogen) atoms.